The largest absolute Gasteiger partial charge is 0.348 e. The van der Waals surface area contributed by atoms with Gasteiger partial charge >= 0.3 is 0 Å². The van der Waals surface area contributed by atoms with Crippen LogP contribution < -0.4 is 0 Å². The first-order chi connectivity index (χ1) is 20.5. The lowest BCUT2D eigenvalue weighted by Crippen LogP contribution is -2.27. The van der Waals surface area contributed by atoms with Crippen molar-refractivity contribution < 1.29 is 22.6 Å². The molecule has 228 valence electrons. The van der Waals surface area contributed by atoms with E-state index in [9.17, 15) is 4.39 Å². The normalized spacial score (nSPS) is 17.1. The van der Waals surface area contributed by atoms with Crippen molar-refractivity contribution in [3.05, 3.63) is 83.2 Å². The minimum absolute atomic E-state index is 0.215. The Morgan fingerprint density at radius 2 is 1.19 bits per heavy atom. The summed E-state index contributed by atoms with van der Waals surface area (Å²) >= 11 is 0. The zero-order valence-corrected chi connectivity index (χ0v) is 25.4. The molecule has 0 aliphatic carbocycles. The van der Waals surface area contributed by atoms with Crippen LogP contribution in [0.1, 0.15) is 108 Å². The molecule has 3 aromatic carbocycles. The van der Waals surface area contributed by atoms with Crippen molar-refractivity contribution in [1.82, 2.24) is 0 Å². The van der Waals surface area contributed by atoms with Crippen LogP contribution >= 0.6 is 0 Å². The highest BCUT2D eigenvalue weighted by Gasteiger charge is 2.24. The third kappa shape index (κ3) is 8.94. The Kier molecular flexibility index (Phi) is 13.0. The number of rotatable bonds is 16. The van der Waals surface area contributed by atoms with E-state index in [2.05, 4.69) is 13.8 Å². The van der Waals surface area contributed by atoms with Gasteiger partial charge in [0.05, 0.1) is 13.2 Å². The molecule has 0 radical (unpaired) electrons. The van der Waals surface area contributed by atoms with Gasteiger partial charge in [-0.1, -0.05) is 127 Å². The van der Waals surface area contributed by atoms with Gasteiger partial charge in [0.2, 0.25) is 0 Å². The molecule has 0 saturated carbocycles. The van der Waals surface area contributed by atoms with Crippen LogP contribution in [0, 0.1) is 23.4 Å². The fraction of sp³-hybridized carbons (Fsp3) is 0.514. The molecule has 3 aromatic rings. The number of benzene rings is 3. The van der Waals surface area contributed by atoms with Crippen molar-refractivity contribution in [2.75, 3.05) is 13.2 Å². The van der Waals surface area contributed by atoms with Crippen molar-refractivity contribution in [2.24, 2.45) is 5.92 Å². The molecule has 1 fully saturated rings. The predicted octanol–water partition coefficient (Wildman–Crippen LogP) is 11.4. The van der Waals surface area contributed by atoms with Gasteiger partial charge in [-0.15, -0.1) is 0 Å². The molecular formula is C37H47F3O2. The second-order valence-electron chi connectivity index (χ2n) is 11.8. The van der Waals surface area contributed by atoms with Crippen molar-refractivity contribution in [3.63, 3.8) is 0 Å². The van der Waals surface area contributed by atoms with E-state index in [0.717, 1.165) is 25.7 Å². The van der Waals surface area contributed by atoms with E-state index < -0.39 is 17.9 Å². The number of halogens is 3. The molecule has 0 atom stereocenters. The van der Waals surface area contributed by atoms with Crippen LogP contribution in [0.4, 0.5) is 13.2 Å². The lowest BCUT2D eigenvalue weighted by Gasteiger charge is -2.29. The zero-order valence-electron chi connectivity index (χ0n) is 25.4. The van der Waals surface area contributed by atoms with Gasteiger partial charge in [0, 0.05) is 22.6 Å². The lowest BCUT2D eigenvalue weighted by atomic mass is 9.96. The maximum atomic E-state index is 15.2. The van der Waals surface area contributed by atoms with Crippen LogP contribution in [0.15, 0.2) is 54.6 Å². The summed E-state index contributed by atoms with van der Waals surface area (Å²) in [7, 11) is 0. The van der Waals surface area contributed by atoms with E-state index in [1.807, 2.05) is 6.07 Å². The summed E-state index contributed by atoms with van der Waals surface area (Å²) in [5, 5.41) is 0. The van der Waals surface area contributed by atoms with Crippen LogP contribution in [-0.2, 0) is 15.9 Å². The highest BCUT2D eigenvalue weighted by Crippen LogP contribution is 2.33. The van der Waals surface area contributed by atoms with Gasteiger partial charge in [0.1, 0.15) is 5.82 Å². The van der Waals surface area contributed by atoms with Crippen LogP contribution in [0.5, 0.6) is 0 Å². The predicted molar refractivity (Wildman–Crippen MR) is 166 cm³/mol. The molecule has 4 rings (SSSR count). The molecule has 1 saturated heterocycles. The van der Waals surface area contributed by atoms with E-state index in [-0.39, 0.29) is 11.4 Å². The average Bonchev–Trinajstić information content (AvgIpc) is 3.01. The second kappa shape index (κ2) is 16.9. The number of hydrogen-bond acceptors (Lipinski definition) is 2. The number of unbranched alkanes of at least 4 members (excludes halogenated alkanes) is 9. The molecule has 1 aliphatic heterocycles. The van der Waals surface area contributed by atoms with Crippen LogP contribution in [0.25, 0.3) is 22.3 Å². The molecule has 0 bridgehead atoms. The maximum Gasteiger partial charge on any atom is 0.183 e. The SMILES string of the molecule is CCCCCCCCc1ccc(-c2ccc(-c3ccc(C4OCC(CCCCCCC)CO4)cc3F)cc2)c(F)c1F. The fourth-order valence-electron chi connectivity index (χ4n) is 5.78. The number of ether oxygens (including phenoxy) is 2. The van der Waals surface area contributed by atoms with Gasteiger partial charge in [-0.25, -0.2) is 13.2 Å². The molecule has 5 heteroatoms. The fourth-order valence-corrected chi connectivity index (χ4v) is 5.78. The van der Waals surface area contributed by atoms with Crippen molar-refractivity contribution >= 4 is 0 Å². The van der Waals surface area contributed by atoms with Gasteiger partial charge in [-0.2, -0.15) is 0 Å². The Hall–Kier alpha value is -2.63. The van der Waals surface area contributed by atoms with Gasteiger partial charge in [-0.05, 0) is 42.0 Å². The minimum Gasteiger partial charge on any atom is -0.348 e. The first-order valence-corrected chi connectivity index (χ1v) is 16.1. The molecule has 42 heavy (non-hydrogen) atoms. The van der Waals surface area contributed by atoms with Crippen molar-refractivity contribution in [1.29, 1.82) is 0 Å². The summed E-state index contributed by atoms with van der Waals surface area (Å²) in [4.78, 5) is 0. The van der Waals surface area contributed by atoms with E-state index in [1.54, 1.807) is 42.5 Å². The quantitative estimate of drug-likeness (QED) is 0.157. The zero-order chi connectivity index (χ0) is 29.7. The molecule has 0 N–H and O–H groups in total. The van der Waals surface area contributed by atoms with Gasteiger partial charge in [0.25, 0.3) is 0 Å². The van der Waals surface area contributed by atoms with Crippen LogP contribution in [-0.4, -0.2) is 13.2 Å². The maximum absolute atomic E-state index is 15.2. The van der Waals surface area contributed by atoms with E-state index in [4.69, 9.17) is 9.47 Å². The Morgan fingerprint density at radius 1 is 0.619 bits per heavy atom. The topological polar surface area (TPSA) is 18.5 Å². The molecule has 0 spiro atoms. The average molecular weight is 581 g/mol. The smallest absolute Gasteiger partial charge is 0.183 e. The lowest BCUT2D eigenvalue weighted by molar-refractivity contribution is -0.206. The summed E-state index contributed by atoms with van der Waals surface area (Å²) in [6, 6.07) is 15.3. The van der Waals surface area contributed by atoms with E-state index in [1.165, 1.54) is 57.4 Å². The Morgan fingerprint density at radius 3 is 1.83 bits per heavy atom. The molecule has 0 aromatic heterocycles. The molecule has 0 unspecified atom stereocenters. The third-order valence-corrected chi connectivity index (χ3v) is 8.42. The van der Waals surface area contributed by atoms with Gasteiger partial charge in [-0.3, -0.25) is 0 Å². The number of hydrogen-bond donors (Lipinski definition) is 0. The Bertz CT molecular complexity index is 1230. The summed E-state index contributed by atoms with van der Waals surface area (Å²) in [6.45, 7) is 5.65. The monoisotopic (exact) mass is 580 g/mol. The van der Waals surface area contributed by atoms with E-state index >= 15 is 8.78 Å². The van der Waals surface area contributed by atoms with Crippen LogP contribution in [0.3, 0.4) is 0 Å². The van der Waals surface area contributed by atoms with Gasteiger partial charge in [0.15, 0.2) is 17.9 Å². The Balaban J connectivity index is 1.33. The standard InChI is InChI=1S/C37H47F3O2/c1-3-5-7-9-11-13-15-30-20-23-33(36(40)35(30)39)29-18-16-28(17-19-29)32-22-21-31(24-34(32)38)37-41-25-27(26-42-37)14-12-10-8-6-4-2/h16-24,27,37H,3-15,25-26H2,1-2H3. The Labute approximate surface area is 250 Å². The highest BCUT2D eigenvalue weighted by atomic mass is 19.2. The molecule has 1 heterocycles. The van der Waals surface area contributed by atoms with Crippen molar-refractivity contribution in [2.45, 2.75) is 104 Å². The third-order valence-electron chi connectivity index (χ3n) is 8.42. The van der Waals surface area contributed by atoms with Crippen LogP contribution in [0.2, 0.25) is 0 Å². The van der Waals surface area contributed by atoms with Crippen molar-refractivity contribution in [3.8, 4) is 22.3 Å². The summed E-state index contributed by atoms with van der Waals surface area (Å²) in [5.41, 5.74) is 2.96. The first kappa shape index (κ1) is 32.3. The minimum atomic E-state index is -0.826. The molecular weight excluding hydrogens is 533 g/mol. The summed E-state index contributed by atoms with van der Waals surface area (Å²) in [5.74, 6) is -1.58. The van der Waals surface area contributed by atoms with E-state index in [0.29, 0.717) is 53.4 Å². The summed E-state index contributed by atoms with van der Waals surface area (Å²) in [6.07, 6.45) is 14.0. The molecule has 1 aliphatic rings. The number of aryl methyl sites for hydroxylation is 1. The second-order valence-corrected chi connectivity index (χ2v) is 11.8. The molecule has 2 nitrogen and oxygen atoms in total. The summed E-state index contributed by atoms with van der Waals surface area (Å²) < 4.78 is 56.9. The highest BCUT2D eigenvalue weighted by molar-refractivity contribution is 5.71. The first-order valence-electron chi connectivity index (χ1n) is 16.1. The molecule has 0 amide bonds. The van der Waals surface area contributed by atoms with Gasteiger partial charge < -0.3 is 9.47 Å².